The molecule has 0 atom stereocenters. The molecule has 2 aromatic rings. The number of ketones is 1. The molecule has 0 aliphatic carbocycles. The van der Waals surface area contributed by atoms with Crippen LogP contribution in [0.4, 0.5) is 5.13 Å². The summed E-state index contributed by atoms with van der Waals surface area (Å²) in [5.74, 6) is -1.39. The fourth-order valence-corrected chi connectivity index (χ4v) is 5.05. The highest BCUT2D eigenvalue weighted by Gasteiger charge is 2.36. The van der Waals surface area contributed by atoms with Gasteiger partial charge in [-0.1, -0.05) is 25.2 Å². The number of carbonyl (C=O) groups is 3. The third-order valence-electron chi connectivity index (χ3n) is 5.37. The smallest absolute Gasteiger partial charge is 0.402 e. The minimum absolute atomic E-state index is 0.115. The molecule has 2 heterocycles. The topological polar surface area (TPSA) is 157 Å². The number of carbonyl (C=O) groups excluding carboxylic acids is 3. The number of thiazole rings is 1. The van der Waals surface area contributed by atoms with Crippen LogP contribution in [0.3, 0.4) is 0 Å². The number of nitrogens with two attached hydrogens (primary N) is 1. The van der Waals surface area contributed by atoms with Gasteiger partial charge in [0.05, 0.1) is 10.8 Å². The fourth-order valence-electron chi connectivity index (χ4n) is 3.01. The van der Waals surface area contributed by atoms with Crippen molar-refractivity contribution in [1.29, 1.82) is 0 Å². The Hall–Kier alpha value is -2.53. The Morgan fingerprint density at radius 3 is 1.92 bits per heavy atom. The van der Waals surface area contributed by atoms with E-state index in [1.165, 1.54) is 12.1 Å². The molecular formula is C25H37N2O9PS. The zero-order valence-corrected chi connectivity index (χ0v) is 24.8. The lowest BCUT2D eigenvalue weighted by Crippen LogP contribution is -2.25. The highest BCUT2D eigenvalue weighted by molar-refractivity contribution is 7.61. The summed E-state index contributed by atoms with van der Waals surface area (Å²) in [5, 5.41) is 0.172. The summed E-state index contributed by atoms with van der Waals surface area (Å²) in [6, 6.07) is 2.78. The van der Waals surface area contributed by atoms with Crippen molar-refractivity contribution in [3.05, 3.63) is 17.0 Å². The van der Waals surface area contributed by atoms with E-state index in [4.69, 9.17) is 28.7 Å². The number of aromatic nitrogens is 1. The second kappa shape index (κ2) is 12.5. The molecule has 0 saturated carbocycles. The molecule has 0 amide bonds. The summed E-state index contributed by atoms with van der Waals surface area (Å²) in [6.07, 6.45) is 1.29. The van der Waals surface area contributed by atoms with Gasteiger partial charge in [-0.15, -0.1) is 0 Å². The van der Waals surface area contributed by atoms with Crippen LogP contribution in [-0.2, 0) is 32.7 Å². The molecule has 0 aliphatic heterocycles. The number of hydrogen-bond acceptors (Lipinski definition) is 12. The molecular weight excluding hydrogens is 535 g/mol. The van der Waals surface area contributed by atoms with Crippen molar-refractivity contribution in [2.75, 3.05) is 19.3 Å². The summed E-state index contributed by atoms with van der Waals surface area (Å²) in [6.45, 7) is 12.3. The molecule has 212 valence electrons. The van der Waals surface area contributed by atoms with Gasteiger partial charge in [0.2, 0.25) is 19.1 Å². The van der Waals surface area contributed by atoms with E-state index < -0.39 is 44.0 Å². The molecule has 0 fully saturated rings. The van der Waals surface area contributed by atoms with Crippen molar-refractivity contribution in [2.45, 2.75) is 68.2 Å². The van der Waals surface area contributed by atoms with Gasteiger partial charge in [0, 0.05) is 5.92 Å². The number of rotatable bonds is 12. The molecule has 11 nitrogen and oxygen atoms in total. The summed E-state index contributed by atoms with van der Waals surface area (Å²) in [4.78, 5) is 41.9. The lowest BCUT2D eigenvalue weighted by molar-refractivity contribution is -0.161. The molecule has 2 aromatic heterocycles. The fraction of sp³-hybridized carbons (Fsp3) is 0.600. The first-order chi connectivity index (χ1) is 17.5. The number of furan rings is 1. The van der Waals surface area contributed by atoms with Crippen LogP contribution < -0.4 is 11.2 Å². The van der Waals surface area contributed by atoms with Crippen molar-refractivity contribution < 1.29 is 41.9 Å². The maximum Gasteiger partial charge on any atom is 0.402 e. The van der Waals surface area contributed by atoms with E-state index in [0.29, 0.717) is 17.7 Å². The maximum atomic E-state index is 13.7. The first-order valence-electron chi connectivity index (χ1n) is 12.2. The van der Waals surface area contributed by atoms with E-state index in [1.807, 2.05) is 13.8 Å². The highest BCUT2D eigenvalue weighted by Crippen LogP contribution is 2.48. The molecule has 0 unspecified atom stereocenters. The van der Waals surface area contributed by atoms with Crippen molar-refractivity contribution in [3.8, 4) is 11.5 Å². The predicted octanol–water partition coefficient (Wildman–Crippen LogP) is 5.55. The Kier molecular flexibility index (Phi) is 10.5. The lowest BCUT2D eigenvalue weighted by atomic mass is 9.96. The molecule has 0 aliphatic rings. The third kappa shape index (κ3) is 7.99. The van der Waals surface area contributed by atoms with Gasteiger partial charge in [-0.05, 0) is 66.5 Å². The van der Waals surface area contributed by atoms with Crippen molar-refractivity contribution in [1.82, 2.24) is 4.98 Å². The number of nitrogens with zero attached hydrogens (tertiary/aromatic N) is 1. The molecule has 0 saturated heterocycles. The van der Waals surface area contributed by atoms with Crippen LogP contribution >= 0.6 is 18.9 Å². The quantitative estimate of drug-likeness (QED) is 0.147. The van der Waals surface area contributed by atoms with Crippen LogP contribution in [-0.4, -0.2) is 36.3 Å². The minimum Gasteiger partial charge on any atom is -0.446 e. The van der Waals surface area contributed by atoms with E-state index in [-0.39, 0.29) is 33.8 Å². The van der Waals surface area contributed by atoms with Gasteiger partial charge >= 0.3 is 19.5 Å². The Morgan fingerprint density at radius 2 is 1.47 bits per heavy atom. The van der Waals surface area contributed by atoms with Crippen LogP contribution in [0, 0.1) is 16.7 Å². The maximum absolute atomic E-state index is 13.7. The van der Waals surface area contributed by atoms with Crippen LogP contribution in [0.2, 0.25) is 0 Å². The Balaban J connectivity index is 2.36. The normalized spacial score (nSPS) is 12.6. The number of ether oxygens (including phenoxy) is 2. The van der Waals surface area contributed by atoms with Crippen LogP contribution in [0.25, 0.3) is 11.5 Å². The molecule has 0 spiro atoms. The molecule has 0 bridgehead atoms. The van der Waals surface area contributed by atoms with Gasteiger partial charge in [-0.25, -0.2) is 4.98 Å². The zero-order chi connectivity index (χ0) is 28.9. The largest absolute Gasteiger partial charge is 0.446 e. The van der Waals surface area contributed by atoms with Crippen molar-refractivity contribution >= 4 is 47.3 Å². The molecule has 2 N–H and O–H groups in total. The predicted molar refractivity (Wildman–Crippen MR) is 143 cm³/mol. The summed E-state index contributed by atoms with van der Waals surface area (Å²) in [7, 11) is -4.31. The molecule has 38 heavy (non-hydrogen) atoms. The number of nitrogen functional groups attached to an aromatic ring is 1. The number of hydrogen-bond donors (Lipinski definition) is 1. The first-order valence-corrected chi connectivity index (χ1v) is 14.5. The van der Waals surface area contributed by atoms with Gasteiger partial charge in [0.25, 0.3) is 0 Å². The van der Waals surface area contributed by atoms with Crippen molar-refractivity contribution in [2.24, 2.45) is 16.7 Å². The van der Waals surface area contributed by atoms with E-state index in [2.05, 4.69) is 4.98 Å². The van der Waals surface area contributed by atoms with E-state index in [0.717, 1.165) is 11.3 Å². The Morgan fingerprint density at radius 1 is 0.974 bits per heavy atom. The van der Waals surface area contributed by atoms with E-state index >= 15 is 0 Å². The minimum atomic E-state index is -4.31. The van der Waals surface area contributed by atoms with Crippen LogP contribution in [0.15, 0.2) is 16.5 Å². The van der Waals surface area contributed by atoms with Gasteiger partial charge in [0.1, 0.15) is 10.6 Å². The molecule has 13 heteroatoms. The second-order valence-corrected chi connectivity index (χ2v) is 13.6. The average Bonchev–Trinajstić information content (AvgIpc) is 3.45. The van der Waals surface area contributed by atoms with Gasteiger partial charge in [-0.2, -0.15) is 0 Å². The summed E-state index contributed by atoms with van der Waals surface area (Å²) < 4.78 is 40.3. The standard InChI is InChI=1S/C25H37N2O9PS/c1-9-15(10-2)19(28)20-18(27-23(26)38-20)16-11-12-17(36-16)37(31,34-13-32-21(29)24(3,4)5)35-14-33-22(30)25(6,7)8/h11-12,15H,9-10,13-14H2,1-8H3,(H2,26,27). The molecule has 0 aromatic carbocycles. The zero-order valence-electron chi connectivity index (χ0n) is 23.1. The lowest BCUT2D eigenvalue weighted by Gasteiger charge is -2.20. The van der Waals surface area contributed by atoms with Crippen LogP contribution in [0.5, 0.6) is 0 Å². The van der Waals surface area contributed by atoms with E-state index in [9.17, 15) is 18.9 Å². The molecule has 2 rings (SSSR count). The summed E-state index contributed by atoms with van der Waals surface area (Å²) >= 11 is 1.04. The number of anilines is 1. The number of esters is 2. The Labute approximate surface area is 226 Å². The second-order valence-electron chi connectivity index (χ2n) is 10.6. The average molecular weight is 573 g/mol. The van der Waals surface area contributed by atoms with Crippen molar-refractivity contribution in [3.63, 3.8) is 0 Å². The first kappa shape index (κ1) is 31.7. The highest BCUT2D eigenvalue weighted by atomic mass is 32.1. The Bertz CT molecular complexity index is 1150. The molecule has 0 radical (unpaired) electrons. The van der Waals surface area contributed by atoms with E-state index in [1.54, 1.807) is 41.5 Å². The summed E-state index contributed by atoms with van der Waals surface area (Å²) in [5.41, 5.74) is 4.20. The van der Waals surface area contributed by atoms with Gasteiger partial charge in [-0.3, -0.25) is 28.0 Å². The number of Topliss-reactive ketones (excluding diaryl/α,β-unsaturated/α-hetero) is 1. The monoisotopic (exact) mass is 572 g/mol. The third-order valence-corrected chi connectivity index (χ3v) is 7.94. The van der Waals surface area contributed by atoms with Gasteiger partial charge in [0.15, 0.2) is 16.7 Å². The SMILES string of the molecule is CCC(CC)C(=O)c1sc(N)nc1-c1ccc(P(=O)(OCOC(=O)C(C)(C)C)OCOC(=O)C(C)(C)C)o1. The van der Waals surface area contributed by atoms with Gasteiger partial charge < -0.3 is 19.6 Å². The van der Waals surface area contributed by atoms with Crippen LogP contribution in [0.1, 0.15) is 77.9 Å².